The van der Waals surface area contributed by atoms with Crippen LogP contribution in [0.4, 0.5) is 0 Å². The number of carboxylic acid groups (broad SMARTS) is 1. The first-order valence-corrected chi connectivity index (χ1v) is 5.12. The highest BCUT2D eigenvalue weighted by Crippen LogP contribution is 2.23. The van der Waals surface area contributed by atoms with Crippen LogP contribution in [0.15, 0.2) is 0 Å². The Bertz CT molecular complexity index is 211. The molecule has 4 nitrogen and oxygen atoms in total. The Balaban J connectivity index is 2.59. The summed E-state index contributed by atoms with van der Waals surface area (Å²) in [6.45, 7) is 1.56. The average Bonchev–Trinajstić information content (AvgIpc) is 2.20. The summed E-state index contributed by atoms with van der Waals surface area (Å²) in [5, 5.41) is 8.81. The molecule has 1 aliphatic rings. The Morgan fingerprint density at radius 3 is 2.43 bits per heavy atom. The third kappa shape index (κ3) is 2.47. The van der Waals surface area contributed by atoms with Crippen LogP contribution in [0, 0.1) is 0 Å². The number of amides is 1. The maximum absolute atomic E-state index is 10.8. The summed E-state index contributed by atoms with van der Waals surface area (Å²) < 4.78 is 0. The minimum atomic E-state index is -0.928. The molecule has 0 aromatic rings. The van der Waals surface area contributed by atoms with Crippen molar-refractivity contribution in [2.24, 2.45) is 0 Å². The number of hydrogen-bond donors (Lipinski definition) is 1. The summed E-state index contributed by atoms with van der Waals surface area (Å²) in [6.07, 6.45) is 5.95. The molecule has 1 amide bonds. The molecule has 0 aromatic carbocycles. The van der Waals surface area contributed by atoms with Gasteiger partial charge in [-0.2, -0.15) is 0 Å². The van der Waals surface area contributed by atoms with Gasteiger partial charge in [-0.05, 0) is 19.8 Å². The molecule has 0 heterocycles. The summed E-state index contributed by atoms with van der Waals surface area (Å²) in [5.41, 5.74) is 0. The summed E-state index contributed by atoms with van der Waals surface area (Å²) in [6, 6.07) is -0.567. The first-order chi connectivity index (χ1) is 6.66. The summed E-state index contributed by atoms with van der Waals surface area (Å²) in [5.74, 6) is -0.928. The lowest BCUT2D eigenvalue weighted by atomic mass is 9.93. The van der Waals surface area contributed by atoms with Crippen LogP contribution in [0.25, 0.3) is 0 Å². The molecule has 0 aromatic heterocycles. The lowest BCUT2D eigenvalue weighted by Crippen LogP contribution is -2.45. The zero-order chi connectivity index (χ0) is 10.6. The van der Waals surface area contributed by atoms with E-state index < -0.39 is 12.0 Å². The quantitative estimate of drug-likeness (QED) is 0.693. The molecule has 1 N–H and O–H groups in total. The fourth-order valence-electron chi connectivity index (χ4n) is 2.00. The first kappa shape index (κ1) is 11.0. The second-order valence-corrected chi connectivity index (χ2v) is 3.86. The predicted octanol–water partition coefficient (Wildman–Crippen LogP) is 1.25. The van der Waals surface area contributed by atoms with E-state index in [4.69, 9.17) is 5.11 Å². The van der Waals surface area contributed by atoms with Gasteiger partial charge in [-0.1, -0.05) is 19.3 Å². The van der Waals surface area contributed by atoms with Crippen molar-refractivity contribution in [3.05, 3.63) is 0 Å². The van der Waals surface area contributed by atoms with Crippen molar-refractivity contribution in [3.8, 4) is 0 Å². The van der Waals surface area contributed by atoms with Crippen LogP contribution < -0.4 is 0 Å². The Kier molecular flexibility index (Phi) is 3.92. The van der Waals surface area contributed by atoms with Crippen LogP contribution in [0.3, 0.4) is 0 Å². The van der Waals surface area contributed by atoms with Gasteiger partial charge in [0.2, 0.25) is 6.41 Å². The van der Waals surface area contributed by atoms with Crippen molar-refractivity contribution in [1.82, 2.24) is 4.90 Å². The zero-order valence-corrected chi connectivity index (χ0v) is 8.48. The normalized spacial score (nSPS) is 20.1. The standard InChI is InChI=1S/C10H17NO3/c1-8(10(13)14)11(7-12)9-5-3-2-4-6-9/h7-9H,2-6H2,1H3,(H,13,14). The molecule has 4 heteroatoms. The Morgan fingerprint density at radius 2 is 2.00 bits per heavy atom. The first-order valence-electron chi connectivity index (χ1n) is 5.12. The van der Waals surface area contributed by atoms with Gasteiger partial charge in [0.25, 0.3) is 0 Å². The molecule has 0 bridgehead atoms. The van der Waals surface area contributed by atoms with Crippen LogP contribution in [0.2, 0.25) is 0 Å². The van der Waals surface area contributed by atoms with Gasteiger partial charge in [0.15, 0.2) is 0 Å². The highest BCUT2D eigenvalue weighted by atomic mass is 16.4. The Hall–Kier alpha value is -1.06. The number of hydrogen-bond acceptors (Lipinski definition) is 2. The van der Waals surface area contributed by atoms with Crippen molar-refractivity contribution in [1.29, 1.82) is 0 Å². The van der Waals surface area contributed by atoms with Gasteiger partial charge in [0.1, 0.15) is 6.04 Å². The smallest absolute Gasteiger partial charge is 0.326 e. The van der Waals surface area contributed by atoms with E-state index in [0.717, 1.165) is 25.7 Å². The second kappa shape index (κ2) is 4.98. The van der Waals surface area contributed by atoms with E-state index in [1.165, 1.54) is 11.3 Å². The average molecular weight is 199 g/mol. The molecule has 14 heavy (non-hydrogen) atoms. The van der Waals surface area contributed by atoms with Crippen molar-refractivity contribution in [3.63, 3.8) is 0 Å². The lowest BCUT2D eigenvalue weighted by Gasteiger charge is -2.33. The van der Waals surface area contributed by atoms with Gasteiger partial charge in [-0.3, -0.25) is 4.79 Å². The van der Waals surface area contributed by atoms with Crippen molar-refractivity contribution >= 4 is 12.4 Å². The molecule has 80 valence electrons. The Morgan fingerprint density at radius 1 is 1.43 bits per heavy atom. The number of nitrogens with zero attached hydrogens (tertiary/aromatic N) is 1. The van der Waals surface area contributed by atoms with Gasteiger partial charge in [0, 0.05) is 6.04 Å². The molecule has 0 spiro atoms. The van der Waals surface area contributed by atoms with E-state index in [2.05, 4.69) is 0 Å². The molecule has 0 aliphatic heterocycles. The highest BCUT2D eigenvalue weighted by molar-refractivity contribution is 5.75. The monoisotopic (exact) mass is 199 g/mol. The van der Waals surface area contributed by atoms with Crippen LogP contribution in [0.1, 0.15) is 39.0 Å². The van der Waals surface area contributed by atoms with Crippen LogP contribution in [0.5, 0.6) is 0 Å². The number of carboxylic acids is 1. The van der Waals surface area contributed by atoms with E-state index >= 15 is 0 Å². The van der Waals surface area contributed by atoms with E-state index in [0.29, 0.717) is 6.41 Å². The molecule has 1 aliphatic carbocycles. The number of carbonyl (C=O) groups excluding carboxylic acids is 1. The molecule has 1 saturated carbocycles. The zero-order valence-electron chi connectivity index (χ0n) is 8.48. The minimum Gasteiger partial charge on any atom is -0.480 e. The van der Waals surface area contributed by atoms with E-state index in [1.54, 1.807) is 6.92 Å². The minimum absolute atomic E-state index is 0.132. The van der Waals surface area contributed by atoms with Crippen LogP contribution in [-0.4, -0.2) is 34.5 Å². The summed E-state index contributed by atoms with van der Waals surface area (Å²) in [7, 11) is 0. The van der Waals surface area contributed by atoms with Gasteiger partial charge < -0.3 is 10.0 Å². The van der Waals surface area contributed by atoms with Crippen molar-refractivity contribution in [2.45, 2.75) is 51.1 Å². The molecule has 1 atom stereocenters. The molecule has 1 rings (SSSR count). The van der Waals surface area contributed by atoms with Gasteiger partial charge >= 0.3 is 5.97 Å². The Labute approximate surface area is 83.9 Å². The topological polar surface area (TPSA) is 57.6 Å². The fourth-order valence-corrected chi connectivity index (χ4v) is 2.00. The van der Waals surface area contributed by atoms with E-state index in [-0.39, 0.29) is 6.04 Å². The van der Waals surface area contributed by atoms with Crippen molar-refractivity contribution < 1.29 is 14.7 Å². The maximum atomic E-state index is 10.8. The third-order valence-electron chi connectivity index (χ3n) is 2.92. The highest BCUT2D eigenvalue weighted by Gasteiger charge is 2.27. The molecule has 0 radical (unpaired) electrons. The van der Waals surface area contributed by atoms with Gasteiger partial charge in [-0.15, -0.1) is 0 Å². The number of aliphatic carboxylic acids is 1. The number of carbonyl (C=O) groups is 2. The van der Waals surface area contributed by atoms with Crippen LogP contribution >= 0.6 is 0 Å². The largest absolute Gasteiger partial charge is 0.480 e. The lowest BCUT2D eigenvalue weighted by molar-refractivity contribution is -0.147. The van der Waals surface area contributed by atoms with Crippen molar-refractivity contribution in [2.75, 3.05) is 0 Å². The maximum Gasteiger partial charge on any atom is 0.326 e. The predicted molar refractivity (Wildman–Crippen MR) is 51.9 cm³/mol. The molecular weight excluding hydrogens is 182 g/mol. The number of rotatable bonds is 4. The molecular formula is C10H17NO3. The summed E-state index contributed by atoms with van der Waals surface area (Å²) in [4.78, 5) is 23.0. The molecule has 1 fully saturated rings. The van der Waals surface area contributed by atoms with Gasteiger partial charge in [0.05, 0.1) is 0 Å². The fraction of sp³-hybridized carbons (Fsp3) is 0.800. The van der Waals surface area contributed by atoms with E-state index in [9.17, 15) is 9.59 Å². The van der Waals surface area contributed by atoms with E-state index in [1.807, 2.05) is 0 Å². The summed E-state index contributed by atoms with van der Waals surface area (Å²) >= 11 is 0. The second-order valence-electron chi connectivity index (χ2n) is 3.86. The molecule has 1 unspecified atom stereocenters. The van der Waals surface area contributed by atoms with Crippen LogP contribution in [-0.2, 0) is 9.59 Å². The third-order valence-corrected chi connectivity index (χ3v) is 2.92. The van der Waals surface area contributed by atoms with Gasteiger partial charge in [-0.25, -0.2) is 4.79 Å². The molecule has 0 saturated heterocycles. The SMILES string of the molecule is CC(C(=O)O)N(C=O)C1CCCCC1.